The highest BCUT2D eigenvalue weighted by Crippen LogP contribution is 2.23. The van der Waals surface area contributed by atoms with Gasteiger partial charge in [0.1, 0.15) is 10.8 Å². The summed E-state index contributed by atoms with van der Waals surface area (Å²) in [6, 6.07) is 11.2. The molecule has 1 heterocycles. The monoisotopic (exact) mass is 233 g/mol. The minimum Gasteiger partial charge on any atom is -0.439 e. The molecule has 0 bridgehead atoms. The number of anilines is 1. The number of rotatable bonds is 3. The summed E-state index contributed by atoms with van der Waals surface area (Å²) in [5.41, 5.74) is 5.57. The van der Waals surface area contributed by atoms with E-state index in [1.54, 1.807) is 6.07 Å². The lowest BCUT2D eigenvalue weighted by molar-refractivity contribution is 0.460. The average molecular weight is 233 g/mol. The predicted molar refractivity (Wildman–Crippen MR) is 64.7 cm³/mol. The maximum absolute atomic E-state index is 5.57. The van der Waals surface area contributed by atoms with Gasteiger partial charge in [0.05, 0.1) is 0 Å². The minimum atomic E-state index is 0.220. The third kappa shape index (κ3) is 2.64. The average Bonchev–Trinajstić information content (AvgIpc) is 2.29. The molecule has 1 aromatic carbocycles. The molecule has 0 amide bonds. The standard InChI is InChI=1S/C11H11N3OS/c1-16-10-7-9(13-11(12)14-10)15-8-5-3-2-4-6-8/h2-7H,1H3,(H2,12,13,14). The van der Waals surface area contributed by atoms with E-state index < -0.39 is 0 Å². The lowest BCUT2D eigenvalue weighted by Crippen LogP contribution is -1.98. The Balaban J connectivity index is 2.24. The number of para-hydroxylation sites is 1. The van der Waals surface area contributed by atoms with Crippen molar-refractivity contribution < 1.29 is 4.74 Å². The highest BCUT2D eigenvalue weighted by Gasteiger charge is 2.03. The second-order valence-corrected chi connectivity index (χ2v) is 3.85. The van der Waals surface area contributed by atoms with Gasteiger partial charge in [0, 0.05) is 6.07 Å². The molecule has 2 aromatic rings. The van der Waals surface area contributed by atoms with Gasteiger partial charge in [0.15, 0.2) is 0 Å². The molecule has 1 aromatic heterocycles. The normalized spacial score (nSPS) is 10.1. The SMILES string of the molecule is CSc1cc(Oc2ccccc2)nc(N)n1. The second-order valence-electron chi connectivity index (χ2n) is 3.02. The first kappa shape index (κ1) is 10.8. The Hall–Kier alpha value is -1.75. The van der Waals surface area contributed by atoms with Gasteiger partial charge in [0.25, 0.3) is 0 Å². The molecule has 2 N–H and O–H groups in total. The maximum Gasteiger partial charge on any atom is 0.225 e. The fourth-order valence-electron chi connectivity index (χ4n) is 1.19. The van der Waals surface area contributed by atoms with E-state index in [9.17, 15) is 0 Å². The summed E-state index contributed by atoms with van der Waals surface area (Å²) in [4.78, 5) is 8.05. The number of nitrogens with two attached hydrogens (primary N) is 1. The van der Waals surface area contributed by atoms with Gasteiger partial charge in [-0.15, -0.1) is 11.8 Å². The quantitative estimate of drug-likeness (QED) is 0.652. The van der Waals surface area contributed by atoms with Gasteiger partial charge in [0.2, 0.25) is 11.8 Å². The van der Waals surface area contributed by atoms with Crippen molar-refractivity contribution in [2.45, 2.75) is 5.03 Å². The van der Waals surface area contributed by atoms with Gasteiger partial charge in [-0.2, -0.15) is 4.98 Å². The van der Waals surface area contributed by atoms with Crippen molar-refractivity contribution in [3.8, 4) is 11.6 Å². The number of thioether (sulfide) groups is 1. The van der Waals surface area contributed by atoms with E-state index in [1.165, 1.54) is 11.8 Å². The lowest BCUT2D eigenvalue weighted by Gasteiger charge is -2.05. The maximum atomic E-state index is 5.57. The molecule has 5 heteroatoms. The van der Waals surface area contributed by atoms with Crippen LogP contribution in [-0.4, -0.2) is 16.2 Å². The van der Waals surface area contributed by atoms with Crippen molar-refractivity contribution in [3.05, 3.63) is 36.4 Å². The largest absolute Gasteiger partial charge is 0.439 e. The summed E-state index contributed by atoms with van der Waals surface area (Å²) in [6.07, 6.45) is 1.92. The molecule has 0 aliphatic carbocycles. The summed E-state index contributed by atoms with van der Waals surface area (Å²) in [6.45, 7) is 0. The molecule has 0 aliphatic rings. The summed E-state index contributed by atoms with van der Waals surface area (Å²) in [7, 11) is 0. The highest BCUT2D eigenvalue weighted by atomic mass is 32.2. The van der Waals surface area contributed by atoms with Crippen LogP contribution in [0.15, 0.2) is 41.4 Å². The zero-order valence-electron chi connectivity index (χ0n) is 8.75. The number of nitrogens with zero attached hydrogens (tertiary/aromatic N) is 2. The number of benzene rings is 1. The highest BCUT2D eigenvalue weighted by molar-refractivity contribution is 7.98. The Morgan fingerprint density at radius 3 is 2.62 bits per heavy atom. The van der Waals surface area contributed by atoms with Gasteiger partial charge in [-0.3, -0.25) is 0 Å². The molecule has 4 nitrogen and oxygen atoms in total. The molecular formula is C11H11N3OS. The Morgan fingerprint density at radius 1 is 1.19 bits per heavy atom. The van der Waals surface area contributed by atoms with Gasteiger partial charge < -0.3 is 10.5 Å². The van der Waals surface area contributed by atoms with Crippen LogP contribution in [0.5, 0.6) is 11.6 Å². The van der Waals surface area contributed by atoms with Crippen LogP contribution >= 0.6 is 11.8 Å². The van der Waals surface area contributed by atoms with Crippen LogP contribution in [0.4, 0.5) is 5.95 Å². The third-order valence-electron chi connectivity index (χ3n) is 1.87. The van der Waals surface area contributed by atoms with Crippen LogP contribution in [0.2, 0.25) is 0 Å². The number of ether oxygens (including phenoxy) is 1. The van der Waals surface area contributed by atoms with Crippen molar-refractivity contribution in [3.63, 3.8) is 0 Å². The lowest BCUT2D eigenvalue weighted by atomic mass is 10.3. The van der Waals surface area contributed by atoms with Crippen LogP contribution in [0.3, 0.4) is 0 Å². The van der Waals surface area contributed by atoms with Crippen LogP contribution in [0.25, 0.3) is 0 Å². The second kappa shape index (κ2) is 4.85. The molecule has 0 radical (unpaired) electrons. The van der Waals surface area contributed by atoms with E-state index in [-0.39, 0.29) is 5.95 Å². The fraction of sp³-hybridized carbons (Fsp3) is 0.0909. The van der Waals surface area contributed by atoms with Crippen molar-refractivity contribution in [2.75, 3.05) is 12.0 Å². The topological polar surface area (TPSA) is 61.0 Å². The van der Waals surface area contributed by atoms with Crippen molar-refractivity contribution >= 4 is 17.7 Å². The van der Waals surface area contributed by atoms with Gasteiger partial charge in [-0.25, -0.2) is 4.98 Å². The summed E-state index contributed by atoms with van der Waals surface area (Å²) >= 11 is 1.50. The smallest absolute Gasteiger partial charge is 0.225 e. The first-order valence-electron chi connectivity index (χ1n) is 4.69. The summed E-state index contributed by atoms with van der Waals surface area (Å²) in [5, 5.41) is 0.790. The van der Waals surface area contributed by atoms with Gasteiger partial charge in [-0.1, -0.05) is 18.2 Å². The molecule has 0 spiro atoms. The van der Waals surface area contributed by atoms with E-state index in [2.05, 4.69) is 9.97 Å². The van der Waals surface area contributed by atoms with Gasteiger partial charge >= 0.3 is 0 Å². The van der Waals surface area contributed by atoms with Crippen LogP contribution < -0.4 is 10.5 Å². The molecular weight excluding hydrogens is 222 g/mol. The van der Waals surface area contributed by atoms with E-state index in [0.717, 1.165) is 10.8 Å². The fourth-order valence-corrected chi connectivity index (χ4v) is 1.59. The first-order chi connectivity index (χ1) is 7.78. The third-order valence-corrected chi connectivity index (χ3v) is 2.50. The molecule has 0 fully saturated rings. The van der Waals surface area contributed by atoms with Gasteiger partial charge in [-0.05, 0) is 18.4 Å². The van der Waals surface area contributed by atoms with E-state index in [0.29, 0.717) is 5.88 Å². The van der Waals surface area contributed by atoms with E-state index >= 15 is 0 Å². The Labute approximate surface area is 97.9 Å². The summed E-state index contributed by atoms with van der Waals surface area (Å²) in [5.74, 6) is 1.41. The Kier molecular flexibility index (Phi) is 3.26. The van der Waals surface area contributed by atoms with Crippen LogP contribution in [0.1, 0.15) is 0 Å². The van der Waals surface area contributed by atoms with Crippen molar-refractivity contribution in [1.82, 2.24) is 9.97 Å². The number of hydrogen-bond acceptors (Lipinski definition) is 5. The molecule has 2 rings (SSSR count). The molecule has 0 saturated heterocycles. The van der Waals surface area contributed by atoms with Crippen LogP contribution in [-0.2, 0) is 0 Å². The van der Waals surface area contributed by atoms with Crippen molar-refractivity contribution in [1.29, 1.82) is 0 Å². The zero-order chi connectivity index (χ0) is 11.4. The molecule has 16 heavy (non-hydrogen) atoms. The van der Waals surface area contributed by atoms with E-state index in [4.69, 9.17) is 10.5 Å². The first-order valence-corrected chi connectivity index (χ1v) is 5.92. The summed E-state index contributed by atoms with van der Waals surface area (Å²) < 4.78 is 5.56. The zero-order valence-corrected chi connectivity index (χ0v) is 9.57. The minimum absolute atomic E-state index is 0.220. The molecule has 82 valence electrons. The Bertz CT molecular complexity index is 476. The van der Waals surface area contributed by atoms with E-state index in [1.807, 2.05) is 36.6 Å². The number of nitrogen functional groups attached to an aromatic ring is 1. The predicted octanol–water partition coefficient (Wildman–Crippen LogP) is 2.57. The van der Waals surface area contributed by atoms with Crippen LogP contribution in [0, 0.1) is 0 Å². The molecule has 0 unspecified atom stereocenters. The van der Waals surface area contributed by atoms with Crippen molar-refractivity contribution in [2.24, 2.45) is 0 Å². The number of hydrogen-bond donors (Lipinski definition) is 1. The Morgan fingerprint density at radius 2 is 1.94 bits per heavy atom. The number of aromatic nitrogens is 2. The molecule has 0 aliphatic heterocycles. The molecule has 0 saturated carbocycles. The molecule has 0 atom stereocenters.